The number of primary amides is 1. The highest BCUT2D eigenvalue weighted by atomic mass is 127. The molecule has 0 unspecified atom stereocenters. The molecule has 8 heteroatoms. The maximum Gasteiger partial charge on any atom is 0.248 e. The van der Waals surface area contributed by atoms with Crippen molar-refractivity contribution < 1.29 is 14.3 Å². The van der Waals surface area contributed by atoms with Crippen LogP contribution < -0.4 is 25.8 Å². The van der Waals surface area contributed by atoms with Crippen LogP contribution in [0.4, 0.5) is 5.69 Å². The van der Waals surface area contributed by atoms with Crippen LogP contribution in [0, 0.1) is 0 Å². The predicted molar refractivity (Wildman–Crippen MR) is 121 cm³/mol. The molecule has 0 aromatic heterocycles. The standard InChI is InChI=1S/C20H24N4O3.HI/c1-2-22-20(23-13-14-5-3-6-15(11-14)19(21)25)24-16-7-8-17-18(12-16)27-10-4-9-26-17;/h3,5-8,11-12H,2,4,9-10,13H2,1H3,(H2,21,25)(H2,22,23,24);1H. The number of hydrogen-bond donors (Lipinski definition) is 3. The Morgan fingerprint density at radius 2 is 1.93 bits per heavy atom. The van der Waals surface area contributed by atoms with E-state index in [9.17, 15) is 4.79 Å². The van der Waals surface area contributed by atoms with E-state index in [-0.39, 0.29) is 24.0 Å². The minimum atomic E-state index is -0.446. The molecule has 7 nitrogen and oxygen atoms in total. The zero-order chi connectivity index (χ0) is 19.1. The monoisotopic (exact) mass is 496 g/mol. The van der Waals surface area contributed by atoms with Crippen LogP contribution >= 0.6 is 24.0 Å². The van der Waals surface area contributed by atoms with Crippen LogP contribution in [0.1, 0.15) is 29.3 Å². The fourth-order valence-electron chi connectivity index (χ4n) is 2.68. The lowest BCUT2D eigenvalue weighted by Crippen LogP contribution is -2.30. The molecule has 1 amide bonds. The molecule has 1 aliphatic rings. The first-order chi connectivity index (χ1) is 13.2. The summed E-state index contributed by atoms with van der Waals surface area (Å²) in [4.78, 5) is 15.9. The van der Waals surface area contributed by atoms with Gasteiger partial charge in [-0.15, -0.1) is 24.0 Å². The Bertz CT molecular complexity index is 842. The predicted octanol–water partition coefficient (Wildman–Crippen LogP) is 3.14. The lowest BCUT2D eigenvalue weighted by atomic mass is 10.1. The van der Waals surface area contributed by atoms with E-state index in [0.717, 1.165) is 35.7 Å². The maximum absolute atomic E-state index is 11.3. The van der Waals surface area contributed by atoms with Crippen molar-refractivity contribution in [2.75, 3.05) is 25.1 Å². The van der Waals surface area contributed by atoms with Gasteiger partial charge in [-0.1, -0.05) is 12.1 Å². The van der Waals surface area contributed by atoms with Crippen LogP contribution in [-0.2, 0) is 6.54 Å². The number of guanidine groups is 1. The number of fused-ring (bicyclic) bond motifs is 1. The molecule has 0 saturated heterocycles. The minimum Gasteiger partial charge on any atom is -0.490 e. The van der Waals surface area contributed by atoms with Gasteiger partial charge in [0.25, 0.3) is 0 Å². The first-order valence-corrected chi connectivity index (χ1v) is 8.99. The summed E-state index contributed by atoms with van der Waals surface area (Å²) in [5.74, 6) is 1.67. The van der Waals surface area contributed by atoms with E-state index in [2.05, 4.69) is 15.6 Å². The van der Waals surface area contributed by atoms with Gasteiger partial charge in [-0.05, 0) is 36.8 Å². The topological polar surface area (TPSA) is 98.0 Å². The Balaban J connectivity index is 0.00000280. The Kier molecular flexibility index (Phi) is 8.37. The number of amides is 1. The smallest absolute Gasteiger partial charge is 0.248 e. The van der Waals surface area contributed by atoms with Crippen LogP contribution in [-0.4, -0.2) is 31.6 Å². The molecule has 3 rings (SSSR count). The van der Waals surface area contributed by atoms with Gasteiger partial charge in [0.15, 0.2) is 17.5 Å². The van der Waals surface area contributed by atoms with Gasteiger partial charge < -0.3 is 25.8 Å². The Hall–Kier alpha value is -2.49. The molecule has 150 valence electrons. The molecule has 0 spiro atoms. The number of carbonyl (C=O) groups is 1. The minimum absolute atomic E-state index is 0. The molecule has 2 aromatic carbocycles. The number of benzene rings is 2. The largest absolute Gasteiger partial charge is 0.490 e. The van der Waals surface area contributed by atoms with Crippen molar-refractivity contribution in [1.82, 2.24) is 5.32 Å². The maximum atomic E-state index is 11.3. The van der Waals surface area contributed by atoms with E-state index in [1.807, 2.05) is 31.2 Å². The fraction of sp³-hybridized carbons (Fsp3) is 0.300. The van der Waals surface area contributed by atoms with Gasteiger partial charge in [-0.3, -0.25) is 4.79 Å². The molecule has 0 fully saturated rings. The third-order valence-electron chi connectivity index (χ3n) is 3.99. The van der Waals surface area contributed by atoms with Gasteiger partial charge >= 0.3 is 0 Å². The van der Waals surface area contributed by atoms with E-state index in [1.54, 1.807) is 18.2 Å². The summed E-state index contributed by atoms with van der Waals surface area (Å²) in [6.45, 7) is 4.44. The highest BCUT2D eigenvalue weighted by Gasteiger charge is 2.11. The first-order valence-electron chi connectivity index (χ1n) is 8.99. The molecule has 1 aliphatic heterocycles. The lowest BCUT2D eigenvalue weighted by molar-refractivity contribution is 0.1000. The average Bonchev–Trinajstić information content (AvgIpc) is 2.91. The second-order valence-corrected chi connectivity index (χ2v) is 6.10. The van der Waals surface area contributed by atoms with Crippen LogP contribution in [0.25, 0.3) is 0 Å². The summed E-state index contributed by atoms with van der Waals surface area (Å²) < 4.78 is 11.4. The summed E-state index contributed by atoms with van der Waals surface area (Å²) in [7, 11) is 0. The van der Waals surface area contributed by atoms with Crippen LogP contribution in [0.3, 0.4) is 0 Å². The quantitative estimate of drug-likeness (QED) is 0.336. The zero-order valence-corrected chi connectivity index (χ0v) is 18.1. The van der Waals surface area contributed by atoms with Gasteiger partial charge in [0.2, 0.25) is 5.91 Å². The Labute approximate surface area is 181 Å². The summed E-state index contributed by atoms with van der Waals surface area (Å²) in [6.07, 6.45) is 0.867. The number of rotatable bonds is 5. The van der Waals surface area contributed by atoms with Crippen molar-refractivity contribution in [2.24, 2.45) is 10.7 Å². The molecule has 2 aromatic rings. The molecule has 4 N–H and O–H groups in total. The van der Waals surface area contributed by atoms with Gasteiger partial charge in [0.1, 0.15) is 0 Å². The number of carbonyl (C=O) groups excluding carboxylic acids is 1. The first kappa shape index (κ1) is 21.8. The number of nitrogens with zero attached hydrogens (tertiary/aromatic N) is 1. The van der Waals surface area contributed by atoms with E-state index in [1.165, 1.54) is 0 Å². The van der Waals surface area contributed by atoms with E-state index < -0.39 is 5.91 Å². The lowest BCUT2D eigenvalue weighted by Gasteiger charge is -2.14. The number of anilines is 1. The molecule has 0 atom stereocenters. The molecule has 0 bridgehead atoms. The van der Waals surface area contributed by atoms with Crippen molar-refractivity contribution >= 4 is 41.5 Å². The van der Waals surface area contributed by atoms with Crippen LogP contribution in [0.5, 0.6) is 11.5 Å². The van der Waals surface area contributed by atoms with Gasteiger partial charge in [-0.25, -0.2) is 4.99 Å². The van der Waals surface area contributed by atoms with Gasteiger partial charge in [0.05, 0.1) is 19.8 Å². The summed E-state index contributed by atoms with van der Waals surface area (Å²) in [6, 6.07) is 12.9. The van der Waals surface area contributed by atoms with Crippen molar-refractivity contribution in [3.63, 3.8) is 0 Å². The highest BCUT2D eigenvalue weighted by Crippen LogP contribution is 2.32. The highest BCUT2D eigenvalue weighted by molar-refractivity contribution is 14.0. The van der Waals surface area contributed by atoms with Crippen molar-refractivity contribution in [3.8, 4) is 11.5 Å². The summed E-state index contributed by atoms with van der Waals surface area (Å²) in [5.41, 5.74) is 7.57. The second-order valence-electron chi connectivity index (χ2n) is 6.10. The molecular formula is C20H25IN4O3. The number of halogens is 1. The number of nitrogens with one attached hydrogen (secondary N) is 2. The molecule has 1 heterocycles. The second kappa shape index (κ2) is 10.7. The van der Waals surface area contributed by atoms with Crippen molar-refractivity contribution in [2.45, 2.75) is 19.9 Å². The SMILES string of the molecule is CCNC(=NCc1cccc(C(N)=O)c1)Nc1ccc2c(c1)OCCCO2.I. The van der Waals surface area contributed by atoms with E-state index in [0.29, 0.717) is 31.3 Å². The Morgan fingerprint density at radius 3 is 2.68 bits per heavy atom. The van der Waals surface area contributed by atoms with Gasteiger partial charge in [0, 0.05) is 30.3 Å². The van der Waals surface area contributed by atoms with Crippen molar-refractivity contribution in [1.29, 1.82) is 0 Å². The molecular weight excluding hydrogens is 471 g/mol. The number of nitrogens with two attached hydrogens (primary N) is 1. The average molecular weight is 496 g/mol. The zero-order valence-electron chi connectivity index (χ0n) is 15.7. The number of ether oxygens (including phenoxy) is 2. The third-order valence-corrected chi connectivity index (χ3v) is 3.99. The third kappa shape index (κ3) is 6.01. The van der Waals surface area contributed by atoms with Crippen LogP contribution in [0.15, 0.2) is 47.5 Å². The molecule has 0 radical (unpaired) electrons. The molecule has 0 aliphatic carbocycles. The number of aliphatic imine (C=N–C) groups is 1. The van der Waals surface area contributed by atoms with Crippen LogP contribution in [0.2, 0.25) is 0 Å². The molecule has 0 saturated carbocycles. The van der Waals surface area contributed by atoms with Crippen molar-refractivity contribution in [3.05, 3.63) is 53.6 Å². The van der Waals surface area contributed by atoms with Gasteiger partial charge in [-0.2, -0.15) is 0 Å². The number of hydrogen-bond acceptors (Lipinski definition) is 4. The normalized spacial score (nSPS) is 13.1. The summed E-state index contributed by atoms with van der Waals surface area (Å²) >= 11 is 0. The van der Waals surface area contributed by atoms with E-state index in [4.69, 9.17) is 15.2 Å². The molecule has 28 heavy (non-hydrogen) atoms. The Morgan fingerprint density at radius 1 is 1.14 bits per heavy atom. The van der Waals surface area contributed by atoms with E-state index >= 15 is 0 Å². The fourth-order valence-corrected chi connectivity index (χ4v) is 2.68. The summed E-state index contributed by atoms with van der Waals surface area (Å²) in [5, 5.41) is 6.48.